The monoisotopic (exact) mass is 492 g/mol. The second-order valence-electron chi connectivity index (χ2n) is 3.91. The minimum Gasteiger partial charge on any atom is -0.383 e. The third-order valence-electron chi connectivity index (χ3n) is 2.55. The molecule has 1 atom stereocenters. The van der Waals surface area contributed by atoms with E-state index >= 15 is 0 Å². The summed E-state index contributed by atoms with van der Waals surface area (Å²) in [7, 11) is 0. The Bertz CT molecular complexity index is 620. The van der Waals surface area contributed by atoms with E-state index in [1.807, 2.05) is 0 Å². The van der Waals surface area contributed by atoms with E-state index in [1.54, 1.807) is 6.07 Å². The van der Waals surface area contributed by atoms with Crippen molar-refractivity contribution in [1.82, 2.24) is 0 Å². The van der Waals surface area contributed by atoms with E-state index < -0.39 is 17.8 Å². The Morgan fingerprint density at radius 3 is 2.20 bits per heavy atom. The predicted octanol–water partition coefficient (Wildman–Crippen LogP) is 6.14. The molecule has 0 aliphatic rings. The van der Waals surface area contributed by atoms with Gasteiger partial charge in [-0.25, -0.2) is 0 Å². The topological polar surface area (TPSA) is 20.2 Å². The molecule has 1 nitrogen and oxygen atoms in total. The van der Waals surface area contributed by atoms with Crippen molar-refractivity contribution < 1.29 is 18.3 Å². The molecule has 1 N–H and O–H groups in total. The van der Waals surface area contributed by atoms with Crippen LogP contribution in [0.4, 0.5) is 13.2 Å². The largest absolute Gasteiger partial charge is 0.416 e. The Kier molecular flexibility index (Phi) is 5.01. The summed E-state index contributed by atoms with van der Waals surface area (Å²) >= 11 is 11.0. The lowest BCUT2D eigenvalue weighted by atomic mass is 10.0. The molecule has 0 saturated heterocycles. The van der Waals surface area contributed by atoms with Crippen LogP contribution in [0.5, 0.6) is 0 Å². The summed E-state index contributed by atoms with van der Waals surface area (Å²) in [4.78, 5) is 0.545. The maximum Gasteiger partial charge on any atom is 0.416 e. The van der Waals surface area contributed by atoms with E-state index in [0.29, 0.717) is 9.35 Å². The Labute approximate surface area is 142 Å². The summed E-state index contributed by atoms with van der Waals surface area (Å²) in [5, 5.41) is 10.3. The van der Waals surface area contributed by atoms with Gasteiger partial charge >= 0.3 is 6.18 Å². The lowest BCUT2D eigenvalue weighted by Gasteiger charge is -2.14. The summed E-state index contributed by atoms with van der Waals surface area (Å²) in [5.41, 5.74) is -0.606. The smallest absolute Gasteiger partial charge is 0.383 e. The molecule has 1 unspecified atom stereocenters. The average Bonchev–Trinajstić information content (AvgIpc) is 2.68. The molecule has 0 aliphatic heterocycles. The third kappa shape index (κ3) is 3.47. The van der Waals surface area contributed by atoms with E-state index in [2.05, 4.69) is 47.8 Å². The molecule has 0 radical (unpaired) electrons. The van der Waals surface area contributed by atoms with Crippen LogP contribution in [0.15, 0.2) is 37.0 Å². The predicted molar refractivity (Wildman–Crippen MR) is 82.9 cm³/mol. The zero-order chi connectivity index (χ0) is 15.1. The Hall–Kier alpha value is 0.110. The molecule has 2 rings (SSSR count). The van der Waals surface area contributed by atoms with Crippen LogP contribution in [-0.4, -0.2) is 5.11 Å². The molecule has 1 heterocycles. The summed E-state index contributed by atoms with van der Waals surface area (Å²) in [6.45, 7) is 0. The number of hydrogen-bond acceptors (Lipinski definition) is 2. The second kappa shape index (κ2) is 6.08. The molecule has 1 aromatic carbocycles. The molecule has 0 aliphatic carbocycles. The van der Waals surface area contributed by atoms with Gasteiger partial charge in [-0.05, 0) is 56.1 Å². The average molecular weight is 495 g/mol. The number of halogens is 6. The van der Waals surface area contributed by atoms with Gasteiger partial charge in [0.05, 0.1) is 9.35 Å². The van der Waals surface area contributed by atoms with Gasteiger partial charge < -0.3 is 5.11 Å². The Morgan fingerprint density at radius 2 is 1.70 bits per heavy atom. The van der Waals surface area contributed by atoms with Crippen LogP contribution >= 0.6 is 59.1 Å². The minimum absolute atomic E-state index is 0.182. The minimum atomic E-state index is -4.44. The van der Waals surface area contributed by atoms with Gasteiger partial charge in [-0.2, -0.15) is 13.2 Å². The first-order chi connectivity index (χ1) is 9.20. The van der Waals surface area contributed by atoms with Crippen molar-refractivity contribution in [1.29, 1.82) is 0 Å². The van der Waals surface area contributed by atoms with Crippen molar-refractivity contribution >= 4 is 59.1 Å². The quantitative estimate of drug-likeness (QED) is 0.532. The normalized spacial score (nSPS) is 13.6. The number of rotatable bonds is 2. The van der Waals surface area contributed by atoms with Crippen molar-refractivity contribution in [2.24, 2.45) is 0 Å². The highest BCUT2D eigenvalue weighted by molar-refractivity contribution is 9.13. The molecule has 8 heteroatoms. The van der Waals surface area contributed by atoms with Crippen LogP contribution in [-0.2, 0) is 6.18 Å². The van der Waals surface area contributed by atoms with Gasteiger partial charge in [-0.1, -0.05) is 15.9 Å². The van der Waals surface area contributed by atoms with Crippen molar-refractivity contribution in [2.45, 2.75) is 12.3 Å². The molecule has 0 amide bonds. The molecule has 1 aromatic heterocycles. The van der Waals surface area contributed by atoms with Gasteiger partial charge in [0.1, 0.15) is 6.10 Å². The van der Waals surface area contributed by atoms with Crippen molar-refractivity contribution in [3.63, 3.8) is 0 Å². The number of benzene rings is 1. The number of aliphatic hydroxyl groups is 1. The van der Waals surface area contributed by atoms with Crippen molar-refractivity contribution in [3.05, 3.63) is 53.0 Å². The first-order valence-electron chi connectivity index (χ1n) is 5.19. The molecule has 0 saturated carbocycles. The fraction of sp³-hybridized carbons (Fsp3) is 0.167. The first kappa shape index (κ1) is 16.5. The van der Waals surface area contributed by atoms with Gasteiger partial charge in [0.2, 0.25) is 0 Å². The Balaban J connectivity index is 2.46. The van der Waals surface area contributed by atoms with Crippen LogP contribution in [0.2, 0.25) is 0 Å². The molecular formula is C12H6Br3F3OS. The number of aliphatic hydroxyl groups excluding tert-OH is 1. The Morgan fingerprint density at radius 1 is 1.05 bits per heavy atom. The number of thiophene rings is 1. The summed E-state index contributed by atoms with van der Waals surface area (Å²) in [6.07, 6.45) is -5.56. The van der Waals surface area contributed by atoms with Crippen LogP contribution in [0.25, 0.3) is 0 Å². The molecule has 20 heavy (non-hydrogen) atoms. The summed E-state index contributed by atoms with van der Waals surface area (Å²) in [5.74, 6) is 0. The van der Waals surface area contributed by atoms with E-state index in [-0.39, 0.29) is 5.56 Å². The van der Waals surface area contributed by atoms with Gasteiger partial charge in [0, 0.05) is 19.4 Å². The number of alkyl halides is 3. The fourth-order valence-electron chi connectivity index (χ4n) is 1.58. The van der Waals surface area contributed by atoms with Gasteiger partial charge in [0.15, 0.2) is 0 Å². The highest BCUT2D eigenvalue weighted by Crippen LogP contribution is 2.40. The van der Waals surface area contributed by atoms with Crippen molar-refractivity contribution in [2.75, 3.05) is 0 Å². The zero-order valence-electron chi connectivity index (χ0n) is 9.51. The van der Waals surface area contributed by atoms with Gasteiger partial charge in [-0.15, -0.1) is 11.3 Å². The summed E-state index contributed by atoms with van der Waals surface area (Å²) < 4.78 is 40.1. The molecule has 0 bridgehead atoms. The van der Waals surface area contributed by atoms with Crippen molar-refractivity contribution in [3.8, 4) is 0 Å². The second-order valence-corrected chi connectivity index (χ2v) is 8.02. The van der Waals surface area contributed by atoms with Gasteiger partial charge in [-0.3, -0.25) is 0 Å². The highest BCUT2D eigenvalue weighted by atomic mass is 79.9. The lowest BCUT2D eigenvalue weighted by molar-refractivity contribution is -0.137. The lowest BCUT2D eigenvalue weighted by Crippen LogP contribution is -2.07. The molecule has 108 valence electrons. The van der Waals surface area contributed by atoms with Gasteiger partial charge in [0.25, 0.3) is 0 Å². The maximum atomic E-state index is 12.7. The first-order valence-corrected chi connectivity index (χ1v) is 8.39. The van der Waals surface area contributed by atoms with Crippen LogP contribution in [0.1, 0.15) is 22.1 Å². The van der Waals surface area contributed by atoms with E-state index in [0.717, 1.165) is 20.4 Å². The van der Waals surface area contributed by atoms with E-state index in [1.165, 1.54) is 17.4 Å². The van der Waals surface area contributed by atoms with Crippen LogP contribution in [0.3, 0.4) is 0 Å². The third-order valence-corrected chi connectivity index (χ3v) is 6.58. The number of hydrogen-bond donors (Lipinski definition) is 1. The highest BCUT2D eigenvalue weighted by Gasteiger charge is 2.32. The standard InChI is InChI=1S/C12H6Br3F3OS/c13-7-2-1-5(12(16,17)18)3-6(7)10(19)9-4-8(14)11(15)20-9/h1-4,10,19H. The van der Waals surface area contributed by atoms with Crippen LogP contribution in [0, 0.1) is 0 Å². The molecule has 0 spiro atoms. The fourth-order valence-corrected chi connectivity index (χ4v) is 4.14. The SMILES string of the molecule is OC(c1cc(Br)c(Br)s1)c1cc(C(F)(F)F)ccc1Br. The van der Waals surface area contributed by atoms with E-state index in [4.69, 9.17) is 0 Å². The molecule has 2 aromatic rings. The molecule has 0 fully saturated rings. The zero-order valence-corrected chi connectivity index (χ0v) is 15.1. The van der Waals surface area contributed by atoms with E-state index in [9.17, 15) is 18.3 Å². The summed E-state index contributed by atoms with van der Waals surface area (Å²) in [6, 6.07) is 4.89. The van der Waals surface area contributed by atoms with Crippen LogP contribution < -0.4 is 0 Å². The maximum absolute atomic E-state index is 12.7. The molecular weight excluding hydrogens is 489 g/mol.